The van der Waals surface area contributed by atoms with Crippen molar-refractivity contribution < 1.29 is 19.4 Å². The van der Waals surface area contributed by atoms with Crippen molar-refractivity contribution in [2.75, 3.05) is 13.2 Å². The molecule has 0 saturated heterocycles. The van der Waals surface area contributed by atoms with E-state index in [1.807, 2.05) is 92.7 Å². The van der Waals surface area contributed by atoms with E-state index in [4.69, 9.17) is 19.6 Å². The van der Waals surface area contributed by atoms with Gasteiger partial charge in [0, 0.05) is 35.5 Å². The Morgan fingerprint density at radius 3 is 2.44 bits per heavy atom. The number of ether oxygens (including phenoxy) is 2. The summed E-state index contributed by atoms with van der Waals surface area (Å²) in [5.74, 6) is 0.931. The molecule has 0 unspecified atom stereocenters. The number of halogens is 1. The Labute approximate surface area is 220 Å². The number of carbonyl (C=O) groups excluding carboxylic acids is 1. The van der Waals surface area contributed by atoms with Crippen molar-refractivity contribution in [3.8, 4) is 5.75 Å². The quantitative estimate of drug-likeness (QED) is 0.338. The molecule has 3 aromatic carbocycles. The maximum atomic E-state index is 13.9. The molecule has 36 heavy (non-hydrogen) atoms. The number of benzene rings is 3. The minimum absolute atomic E-state index is 0.0559. The lowest BCUT2D eigenvalue weighted by atomic mass is 9.82. The lowest BCUT2D eigenvalue weighted by molar-refractivity contribution is -0.129. The van der Waals surface area contributed by atoms with Crippen molar-refractivity contribution >= 4 is 27.7 Å². The Morgan fingerprint density at radius 1 is 1.08 bits per heavy atom. The average molecular weight is 551 g/mol. The Balaban J connectivity index is 1.77. The molecule has 0 fully saturated rings. The highest BCUT2D eigenvalue weighted by atomic mass is 79.9. The lowest BCUT2D eigenvalue weighted by Crippen LogP contribution is -2.51. The molecule has 6 nitrogen and oxygen atoms in total. The number of rotatable bonds is 10. The summed E-state index contributed by atoms with van der Waals surface area (Å²) in [6.45, 7) is 4.41. The van der Waals surface area contributed by atoms with Crippen LogP contribution in [-0.4, -0.2) is 41.7 Å². The first-order valence-corrected chi connectivity index (χ1v) is 12.9. The maximum Gasteiger partial charge on any atom is 0.252 e. The standard InChI is InChI=1S/C29H31BrN2O4/c1-20(2)31-28(34)29(19-23-11-6-7-12-25(23)30)26(21-9-4-3-5-10-21)36-27(32-29)22-13-15-24(16-14-22)35-18-8-17-33/h3-7,9-16,20,26,33H,8,17-19H2,1-2H3,(H,31,34)/t26-,29-/m1/s1. The Kier molecular flexibility index (Phi) is 8.44. The Bertz CT molecular complexity index is 1200. The fourth-order valence-electron chi connectivity index (χ4n) is 4.23. The first-order chi connectivity index (χ1) is 17.4. The number of aliphatic hydroxyl groups excluding tert-OH is 1. The third-order valence-electron chi connectivity index (χ3n) is 5.97. The third kappa shape index (κ3) is 5.79. The summed E-state index contributed by atoms with van der Waals surface area (Å²) in [7, 11) is 0. The molecule has 1 aliphatic rings. The van der Waals surface area contributed by atoms with E-state index < -0.39 is 11.6 Å². The van der Waals surface area contributed by atoms with Gasteiger partial charge in [-0.3, -0.25) is 4.79 Å². The van der Waals surface area contributed by atoms with Gasteiger partial charge in [0.15, 0.2) is 11.6 Å². The molecule has 1 heterocycles. The number of carbonyl (C=O) groups is 1. The number of hydrogen-bond acceptors (Lipinski definition) is 5. The fourth-order valence-corrected chi connectivity index (χ4v) is 4.65. The van der Waals surface area contributed by atoms with E-state index in [-0.39, 0.29) is 18.6 Å². The van der Waals surface area contributed by atoms with Crippen LogP contribution in [-0.2, 0) is 16.0 Å². The highest BCUT2D eigenvalue weighted by Crippen LogP contribution is 2.43. The monoisotopic (exact) mass is 550 g/mol. The topological polar surface area (TPSA) is 80.2 Å². The van der Waals surface area contributed by atoms with E-state index in [0.29, 0.717) is 31.1 Å². The number of aliphatic imine (C=N–C) groups is 1. The van der Waals surface area contributed by atoms with Gasteiger partial charge >= 0.3 is 0 Å². The van der Waals surface area contributed by atoms with Gasteiger partial charge in [0.1, 0.15) is 5.75 Å². The summed E-state index contributed by atoms with van der Waals surface area (Å²) in [5, 5.41) is 12.1. The van der Waals surface area contributed by atoms with E-state index in [9.17, 15) is 4.79 Å². The summed E-state index contributed by atoms with van der Waals surface area (Å²) in [4.78, 5) is 18.9. The molecule has 0 bridgehead atoms. The van der Waals surface area contributed by atoms with Gasteiger partial charge in [0.2, 0.25) is 5.90 Å². The second kappa shape index (κ2) is 11.7. The number of aliphatic hydroxyl groups is 1. The van der Waals surface area contributed by atoms with Crippen LogP contribution in [0.15, 0.2) is 88.3 Å². The van der Waals surface area contributed by atoms with E-state index in [1.54, 1.807) is 0 Å². The average Bonchev–Trinajstić information content (AvgIpc) is 3.27. The zero-order chi connectivity index (χ0) is 25.5. The molecule has 0 aliphatic carbocycles. The van der Waals surface area contributed by atoms with Gasteiger partial charge in [-0.1, -0.05) is 64.5 Å². The molecule has 3 aromatic rings. The van der Waals surface area contributed by atoms with Crippen LogP contribution in [0.5, 0.6) is 5.75 Å². The zero-order valence-electron chi connectivity index (χ0n) is 20.5. The molecule has 0 spiro atoms. The van der Waals surface area contributed by atoms with Crippen LogP contribution in [0.3, 0.4) is 0 Å². The summed E-state index contributed by atoms with van der Waals surface area (Å²) in [5.41, 5.74) is 1.41. The molecule has 7 heteroatoms. The third-order valence-corrected chi connectivity index (χ3v) is 6.74. The SMILES string of the molecule is CC(C)NC(=O)[C@]1(Cc2ccccc2Br)N=C(c2ccc(OCCCO)cc2)O[C@@H]1c1ccccc1. The predicted molar refractivity (Wildman–Crippen MR) is 144 cm³/mol. The highest BCUT2D eigenvalue weighted by molar-refractivity contribution is 9.10. The molecular formula is C29H31BrN2O4. The summed E-state index contributed by atoms with van der Waals surface area (Å²) in [6, 6.07) is 25.0. The zero-order valence-corrected chi connectivity index (χ0v) is 22.1. The second-order valence-electron chi connectivity index (χ2n) is 9.10. The van der Waals surface area contributed by atoms with Crippen molar-refractivity contribution in [2.24, 2.45) is 4.99 Å². The summed E-state index contributed by atoms with van der Waals surface area (Å²) < 4.78 is 13.1. The molecule has 1 aliphatic heterocycles. The fraction of sp³-hybridized carbons (Fsp3) is 0.310. The van der Waals surface area contributed by atoms with Gasteiger partial charge in [-0.05, 0) is 55.3 Å². The molecule has 188 valence electrons. The molecule has 0 aromatic heterocycles. The molecule has 0 radical (unpaired) electrons. The van der Waals surface area contributed by atoms with Crippen LogP contribution in [0, 0.1) is 0 Å². The normalized spacial score (nSPS) is 19.0. The van der Waals surface area contributed by atoms with Gasteiger partial charge in [-0.25, -0.2) is 4.99 Å². The van der Waals surface area contributed by atoms with Crippen molar-refractivity contribution in [3.05, 3.63) is 100 Å². The minimum atomic E-state index is -1.21. The second-order valence-corrected chi connectivity index (χ2v) is 9.95. The van der Waals surface area contributed by atoms with Crippen molar-refractivity contribution in [2.45, 2.75) is 44.4 Å². The molecule has 2 atom stereocenters. The summed E-state index contributed by atoms with van der Waals surface area (Å²) in [6.07, 6.45) is 0.317. The number of amides is 1. The first-order valence-electron chi connectivity index (χ1n) is 12.1. The smallest absolute Gasteiger partial charge is 0.252 e. The highest BCUT2D eigenvalue weighted by Gasteiger charge is 2.53. The van der Waals surface area contributed by atoms with Gasteiger partial charge in [-0.15, -0.1) is 0 Å². The number of hydrogen-bond donors (Lipinski definition) is 2. The van der Waals surface area contributed by atoms with Crippen LogP contribution in [0.4, 0.5) is 0 Å². The molecule has 2 N–H and O–H groups in total. The van der Waals surface area contributed by atoms with E-state index in [0.717, 1.165) is 21.2 Å². The maximum absolute atomic E-state index is 13.9. The van der Waals surface area contributed by atoms with Crippen LogP contribution in [0.25, 0.3) is 0 Å². The number of nitrogens with zero attached hydrogens (tertiary/aromatic N) is 1. The Hall–Kier alpha value is -3.16. The lowest BCUT2D eigenvalue weighted by Gasteiger charge is -2.31. The van der Waals surface area contributed by atoms with Crippen molar-refractivity contribution in [1.29, 1.82) is 0 Å². The summed E-state index contributed by atoms with van der Waals surface area (Å²) >= 11 is 3.65. The van der Waals surface area contributed by atoms with E-state index >= 15 is 0 Å². The minimum Gasteiger partial charge on any atom is -0.494 e. The van der Waals surface area contributed by atoms with Gasteiger partial charge in [0.25, 0.3) is 5.91 Å². The predicted octanol–water partition coefficient (Wildman–Crippen LogP) is 5.23. The molecule has 4 rings (SSSR count). The number of nitrogens with one attached hydrogen (secondary N) is 1. The first kappa shape index (κ1) is 25.9. The van der Waals surface area contributed by atoms with Crippen LogP contribution in [0.1, 0.15) is 43.1 Å². The van der Waals surface area contributed by atoms with E-state index in [2.05, 4.69) is 21.2 Å². The van der Waals surface area contributed by atoms with Gasteiger partial charge in [-0.2, -0.15) is 0 Å². The van der Waals surface area contributed by atoms with Gasteiger partial charge in [0.05, 0.1) is 6.61 Å². The Morgan fingerprint density at radius 2 is 1.78 bits per heavy atom. The van der Waals surface area contributed by atoms with Crippen LogP contribution >= 0.6 is 15.9 Å². The van der Waals surface area contributed by atoms with E-state index in [1.165, 1.54) is 0 Å². The van der Waals surface area contributed by atoms with Crippen molar-refractivity contribution in [3.63, 3.8) is 0 Å². The van der Waals surface area contributed by atoms with Crippen LogP contribution < -0.4 is 10.1 Å². The largest absolute Gasteiger partial charge is 0.494 e. The molecule has 0 saturated carbocycles. The molecule has 1 amide bonds. The van der Waals surface area contributed by atoms with Crippen LogP contribution in [0.2, 0.25) is 0 Å². The van der Waals surface area contributed by atoms with Crippen molar-refractivity contribution in [1.82, 2.24) is 5.32 Å². The molecular weight excluding hydrogens is 520 g/mol. The van der Waals surface area contributed by atoms with Gasteiger partial charge < -0.3 is 19.9 Å².